The largest absolute Gasteiger partial charge is 0.342 e. The molecule has 4 heteroatoms. The predicted octanol–water partition coefficient (Wildman–Crippen LogP) is 3.34. The highest BCUT2D eigenvalue weighted by atomic mass is 19.1. The third-order valence-corrected chi connectivity index (χ3v) is 4.86. The fraction of sp³-hybridized carbons (Fsp3) is 0.632. The fourth-order valence-electron chi connectivity index (χ4n) is 3.46. The molecule has 0 aromatic heterocycles. The molecule has 2 rings (SSSR count). The maximum atomic E-state index is 13.7. The molecule has 1 amide bonds. The van der Waals surface area contributed by atoms with Crippen LogP contribution >= 0.6 is 0 Å². The second-order valence-electron chi connectivity index (χ2n) is 6.44. The number of rotatable bonds is 7. The Labute approximate surface area is 139 Å². The van der Waals surface area contributed by atoms with E-state index in [0.29, 0.717) is 12.5 Å². The summed E-state index contributed by atoms with van der Waals surface area (Å²) in [6, 6.07) is 7.04. The van der Waals surface area contributed by atoms with E-state index in [-0.39, 0.29) is 11.7 Å². The fourth-order valence-corrected chi connectivity index (χ4v) is 3.46. The van der Waals surface area contributed by atoms with Crippen LogP contribution in [0.15, 0.2) is 24.3 Å². The Hall–Kier alpha value is -1.42. The van der Waals surface area contributed by atoms with Gasteiger partial charge in [-0.25, -0.2) is 4.39 Å². The van der Waals surface area contributed by atoms with Gasteiger partial charge in [0.25, 0.3) is 0 Å². The summed E-state index contributed by atoms with van der Waals surface area (Å²) in [7, 11) is 0. The summed E-state index contributed by atoms with van der Waals surface area (Å²) < 4.78 is 13.7. The van der Waals surface area contributed by atoms with Gasteiger partial charge < -0.3 is 4.90 Å². The average molecular weight is 320 g/mol. The van der Waals surface area contributed by atoms with E-state index >= 15 is 0 Å². The summed E-state index contributed by atoms with van der Waals surface area (Å²) in [5.41, 5.74) is 0.809. The van der Waals surface area contributed by atoms with Crippen molar-refractivity contribution in [1.29, 1.82) is 0 Å². The van der Waals surface area contributed by atoms with Crippen molar-refractivity contribution in [2.45, 2.75) is 39.5 Å². The number of carbonyl (C=O) groups is 1. The number of halogens is 1. The van der Waals surface area contributed by atoms with E-state index in [0.717, 1.165) is 51.0 Å². The number of amides is 1. The molecule has 0 saturated carbocycles. The first-order chi connectivity index (χ1) is 11.1. The third-order valence-electron chi connectivity index (χ3n) is 4.86. The van der Waals surface area contributed by atoms with Crippen LogP contribution in [0.1, 0.15) is 38.7 Å². The van der Waals surface area contributed by atoms with Gasteiger partial charge in [0.15, 0.2) is 0 Å². The average Bonchev–Trinajstić information content (AvgIpc) is 2.55. The first kappa shape index (κ1) is 17.9. The van der Waals surface area contributed by atoms with Crippen LogP contribution in [0.4, 0.5) is 4.39 Å². The number of benzene rings is 1. The molecule has 1 heterocycles. The highest BCUT2D eigenvalue weighted by Gasteiger charge is 2.23. The van der Waals surface area contributed by atoms with Crippen LogP contribution in [0.3, 0.4) is 0 Å². The molecule has 1 aliphatic rings. The molecule has 0 bridgehead atoms. The second kappa shape index (κ2) is 9.02. The molecular formula is C19H29FN2O. The molecule has 0 N–H and O–H groups in total. The lowest BCUT2D eigenvalue weighted by atomic mass is 9.91. The smallest absolute Gasteiger partial charge is 0.236 e. The Morgan fingerprint density at radius 2 is 2.04 bits per heavy atom. The summed E-state index contributed by atoms with van der Waals surface area (Å²) in [6.07, 6.45) is 4.10. The van der Waals surface area contributed by atoms with Crippen molar-refractivity contribution >= 4 is 5.91 Å². The van der Waals surface area contributed by atoms with Gasteiger partial charge in [-0.2, -0.15) is 0 Å². The Bertz CT molecular complexity index is 502. The van der Waals surface area contributed by atoms with E-state index in [1.807, 2.05) is 30.9 Å². The van der Waals surface area contributed by atoms with Gasteiger partial charge in [0.05, 0.1) is 6.54 Å². The second-order valence-corrected chi connectivity index (χ2v) is 6.44. The first-order valence-electron chi connectivity index (χ1n) is 8.87. The van der Waals surface area contributed by atoms with Crippen LogP contribution in [0, 0.1) is 11.7 Å². The predicted molar refractivity (Wildman–Crippen MR) is 91.8 cm³/mol. The van der Waals surface area contributed by atoms with Crippen molar-refractivity contribution in [3.8, 4) is 0 Å². The van der Waals surface area contributed by atoms with Crippen molar-refractivity contribution < 1.29 is 9.18 Å². The molecule has 0 unspecified atom stereocenters. The van der Waals surface area contributed by atoms with E-state index in [2.05, 4.69) is 4.90 Å². The van der Waals surface area contributed by atoms with Crippen LogP contribution in [0.25, 0.3) is 0 Å². The molecule has 128 valence electrons. The maximum Gasteiger partial charge on any atom is 0.236 e. The van der Waals surface area contributed by atoms with Gasteiger partial charge in [0, 0.05) is 19.6 Å². The molecule has 1 fully saturated rings. The summed E-state index contributed by atoms with van der Waals surface area (Å²) >= 11 is 0. The highest BCUT2D eigenvalue weighted by molar-refractivity contribution is 5.78. The van der Waals surface area contributed by atoms with Gasteiger partial charge in [-0.05, 0) is 63.6 Å². The van der Waals surface area contributed by atoms with Gasteiger partial charge in [-0.3, -0.25) is 9.69 Å². The zero-order valence-electron chi connectivity index (χ0n) is 14.4. The number of hydrogen-bond donors (Lipinski definition) is 0. The van der Waals surface area contributed by atoms with Crippen LogP contribution in [-0.4, -0.2) is 48.4 Å². The van der Waals surface area contributed by atoms with Crippen LogP contribution in [0.5, 0.6) is 0 Å². The van der Waals surface area contributed by atoms with Gasteiger partial charge in [0.1, 0.15) is 5.82 Å². The first-order valence-corrected chi connectivity index (χ1v) is 8.87. The number of piperidine rings is 1. The number of hydrogen-bond acceptors (Lipinski definition) is 2. The van der Waals surface area contributed by atoms with Gasteiger partial charge in [-0.1, -0.05) is 18.2 Å². The van der Waals surface area contributed by atoms with Crippen LogP contribution in [0.2, 0.25) is 0 Å². The molecule has 0 radical (unpaired) electrons. The lowest BCUT2D eigenvalue weighted by Gasteiger charge is -2.33. The normalized spacial score (nSPS) is 18.8. The van der Waals surface area contributed by atoms with Gasteiger partial charge in [0.2, 0.25) is 5.91 Å². The topological polar surface area (TPSA) is 23.6 Å². The Morgan fingerprint density at radius 1 is 1.30 bits per heavy atom. The van der Waals surface area contributed by atoms with Crippen LogP contribution in [-0.2, 0) is 11.2 Å². The van der Waals surface area contributed by atoms with Crippen molar-refractivity contribution in [3.63, 3.8) is 0 Å². The minimum absolute atomic E-state index is 0.100. The number of nitrogens with zero attached hydrogens (tertiary/aromatic N) is 2. The van der Waals surface area contributed by atoms with Crippen molar-refractivity contribution in [2.75, 3.05) is 32.7 Å². The SMILES string of the molecule is CCN(CC)C(=O)CN1CCC[C@H](CCc2ccccc2F)C1. The van der Waals surface area contributed by atoms with Crippen molar-refractivity contribution in [1.82, 2.24) is 9.80 Å². The quantitative estimate of drug-likeness (QED) is 0.769. The third kappa shape index (κ3) is 5.31. The van der Waals surface area contributed by atoms with E-state index in [1.54, 1.807) is 6.07 Å². The molecule has 1 aliphatic heterocycles. The summed E-state index contributed by atoms with van der Waals surface area (Å²) in [5.74, 6) is 0.689. The van der Waals surface area contributed by atoms with E-state index < -0.39 is 0 Å². The van der Waals surface area contributed by atoms with Crippen molar-refractivity contribution in [3.05, 3.63) is 35.6 Å². The summed E-state index contributed by atoms with van der Waals surface area (Å²) in [6.45, 7) is 8.09. The molecule has 0 aliphatic carbocycles. The van der Waals surface area contributed by atoms with Crippen LogP contribution < -0.4 is 0 Å². The number of aryl methyl sites for hydroxylation is 1. The molecular weight excluding hydrogens is 291 g/mol. The summed E-state index contributed by atoms with van der Waals surface area (Å²) in [4.78, 5) is 16.4. The van der Waals surface area contributed by atoms with Crippen molar-refractivity contribution in [2.24, 2.45) is 5.92 Å². The molecule has 1 atom stereocenters. The molecule has 1 aromatic rings. The Balaban J connectivity index is 1.81. The zero-order chi connectivity index (χ0) is 16.7. The van der Waals surface area contributed by atoms with E-state index in [4.69, 9.17) is 0 Å². The standard InChI is InChI=1S/C19H29FN2O/c1-3-22(4-2)19(23)15-21-13-7-8-16(14-21)11-12-17-9-5-6-10-18(17)20/h5-6,9-10,16H,3-4,7-8,11-15H2,1-2H3/t16-/m1/s1. The lowest BCUT2D eigenvalue weighted by Crippen LogP contribution is -2.44. The van der Waals surface area contributed by atoms with E-state index in [1.165, 1.54) is 12.5 Å². The molecule has 3 nitrogen and oxygen atoms in total. The lowest BCUT2D eigenvalue weighted by molar-refractivity contribution is -0.132. The minimum atomic E-state index is -0.100. The molecule has 0 spiro atoms. The monoisotopic (exact) mass is 320 g/mol. The number of likely N-dealkylation sites (N-methyl/N-ethyl adjacent to an activating group) is 1. The summed E-state index contributed by atoms with van der Waals surface area (Å²) in [5, 5.41) is 0. The molecule has 1 aromatic carbocycles. The molecule has 23 heavy (non-hydrogen) atoms. The highest BCUT2D eigenvalue weighted by Crippen LogP contribution is 2.22. The van der Waals surface area contributed by atoms with Gasteiger partial charge >= 0.3 is 0 Å². The number of carbonyl (C=O) groups excluding carboxylic acids is 1. The Morgan fingerprint density at radius 3 is 2.74 bits per heavy atom. The van der Waals surface area contributed by atoms with E-state index in [9.17, 15) is 9.18 Å². The minimum Gasteiger partial charge on any atom is -0.342 e. The Kier molecular flexibility index (Phi) is 7.03. The number of likely N-dealkylation sites (tertiary alicyclic amines) is 1. The maximum absolute atomic E-state index is 13.7. The zero-order valence-corrected chi connectivity index (χ0v) is 14.4. The van der Waals surface area contributed by atoms with Gasteiger partial charge in [-0.15, -0.1) is 0 Å². The molecule has 1 saturated heterocycles.